The molecule has 0 spiro atoms. The quantitative estimate of drug-likeness (QED) is 0.842. The van der Waals surface area contributed by atoms with Crippen molar-refractivity contribution in [3.05, 3.63) is 34.8 Å². The average molecular weight is 286 g/mol. The van der Waals surface area contributed by atoms with Gasteiger partial charge in [0.2, 0.25) is 5.91 Å². The summed E-state index contributed by atoms with van der Waals surface area (Å²) < 4.78 is 1.38. The number of carbonyl (C=O) groups is 1. The molecule has 18 heavy (non-hydrogen) atoms. The molecule has 0 radical (unpaired) electrons. The van der Waals surface area contributed by atoms with Gasteiger partial charge in [-0.25, -0.2) is 9.67 Å². The molecule has 2 rings (SSSR count). The Hall–Kier alpha value is -1.79. The lowest BCUT2D eigenvalue weighted by atomic mass is 10.3. The Morgan fingerprint density at radius 2 is 2.06 bits per heavy atom. The van der Waals surface area contributed by atoms with Gasteiger partial charge in [0.1, 0.15) is 19.2 Å². The van der Waals surface area contributed by atoms with Crippen LogP contribution in [0.1, 0.15) is 0 Å². The highest BCUT2D eigenvalue weighted by atomic mass is 35.5. The van der Waals surface area contributed by atoms with Crippen molar-refractivity contribution in [1.29, 1.82) is 0 Å². The maximum atomic E-state index is 11.7. The molecule has 0 unspecified atom stereocenters. The molecule has 3 N–H and O–H groups in total. The topological polar surface area (TPSA) is 85.8 Å². The number of amides is 1. The van der Waals surface area contributed by atoms with Crippen molar-refractivity contribution in [2.75, 3.05) is 11.1 Å². The van der Waals surface area contributed by atoms with E-state index in [-0.39, 0.29) is 22.5 Å². The molecule has 1 amide bonds. The monoisotopic (exact) mass is 285 g/mol. The number of anilines is 2. The van der Waals surface area contributed by atoms with Gasteiger partial charge in [0, 0.05) is 5.69 Å². The van der Waals surface area contributed by atoms with Crippen LogP contribution < -0.4 is 11.1 Å². The van der Waals surface area contributed by atoms with Crippen LogP contribution in [0.5, 0.6) is 0 Å². The number of nitrogens with zero attached hydrogens (tertiary/aromatic N) is 3. The second kappa shape index (κ2) is 5.24. The van der Waals surface area contributed by atoms with Gasteiger partial charge in [0.25, 0.3) is 0 Å². The van der Waals surface area contributed by atoms with Crippen LogP contribution in [0.2, 0.25) is 10.0 Å². The maximum absolute atomic E-state index is 11.7. The van der Waals surface area contributed by atoms with Crippen molar-refractivity contribution in [3.63, 3.8) is 0 Å². The molecule has 0 bridgehead atoms. The van der Waals surface area contributed by atoms with Gasteiger partial charge in [-0.15, -0.1) is 0 Å². The van der Waals surface area contributed by atoms with Gasteiger partial charge in [-0.2, -0.15) is 5.10 Å². The maximum Gasteiger partial charge on any atom is 0.246 e. The molecule has 1 aromatic heterocycles. The van der Waals surface area contributed by atoms with E-state index < -0.39 is 0 Å². The van der Waals surface area contributed by atoms with Gasteiger partial charge in [0.15, 0.2) is 0 Å². The van der Waals surface area contributed by atoms with E-state index in [4.69, 9.17) is 28.9 Å². The van der Waals surface area contributed by atoms with Gasteiger partial charge in [-0.05, 0) is 12.1 Å². The van der Waals surface area contributed by atoms with Gasteiger partial charge < -0.3 is 11.1 Å². The summed E-state index contributed by atoms with van der Waals surface area (Å²) in [6.45, 7) is 0.0248. The van der Waals surface area contributed by atoms with Crippen LogP contribution in [0.25, 0.3) is 0 Å². The van der Waals surface area contributed by atoms with Crippen LogP contribution in [-0.2, 0) is 11.3 Å². The Morgan fingerprint density at radius 1 is 1.39 bits per heavy atom. The summed E-state index contributed by atoms with van der Waals surface area (Å²) in [5.41, 5.74) is 6.33. The van der Waals surface area contributed by atoms with E-state index >= 15 is 0 Å². The fourth-order valence-corrected chi connectivity index (χ4v) is 1.95. The van der Waals surface area contributed by atoms with Crippen molar-refractivity contribution in [1.82, 2.24) is 14.8 Å². The molecule has 0 aliphatic carbocycles. The molecule has 8 heteroatoms. The minimum atomic E-state index is -0.311. The third-order valence-electron chi connectivity index (χ3n) is 2.10. The molecule has 1 heterocycles. The van der Waals surface area contributed by atoms with E-state index in [0.29, 0.717) is 11.4 Å². The Bertz CT molecular complexity index is 547. The fourth-order valence-electron chi connectivity index (χ4n) is 1.35. The molecule has 0 saturated carbocycles. The van der Waals surface area contributed by atoms with Crippen molar-refractivity contribution in [2.45, 2.75) is 6.54 Å². The summed E-state index contributed by atoms with van der Waals surface area (Å²) in [6.07, 6.45) is 2.78. The van der Waals surface area contributed by atoms with Crippen LogP contribution in [0, 0.1) is 0 Å². The van der Waals surface area contributed by atoms with Crippen LogP contribution >= 0.6 is 23.2 Å². The number of nitrogens with one attached hydrogen (secondary N) is 1. The minimum Gasteiger partial charge on any atom is -0.399 e. The van der Waals surface area contributed by atoms with Gasteiger partial charge in [-0.1, -0.05) is 23.2 Å². The molecule has 0 aliphatic rings. The molecule has 0 saturated heterocycles. The SMILES string of the molecule is Nc1cc(Cl)c(NC(=O)Cn2cncn2)c(Cl)c1. The third-order valence-corrected chi connectivity index (χ3v) is 2.70. The zero-order valence-electron chi connectivity index (χ0n) is 9.10. The number of hydrogen-bond donors (Lipinski definition) is 2. The van der Waals surface area contributed by atoms with Gasteiger partial charge >= 0.3 is 0 Å². The molecule has 0 atom stereocenters. The Kier molecular flexibility index (Phi) is 3.69. The molecule has 6 nitrogen and oxygen atoms in total. The molecular formula is C10H9Cl2N5O. The summed E-state index contributed by atoms with van der Waals surface area (Å²) in [7, 11) is 0. The Balaban J connectivity index is 2.12. The van der Waals surface area contributed by atoms with Crippen molar-refractivity contribution in [3.8, 4) is 0 Å². The summed E-state index contributed by atoms with van der Waals surface area (Å²) in [5.74, 6) is -0.311. The number of carbonyl (C=O) groups excluding carboxylic acids is 1. The molecule has 2 aromatic rings. The predicted octanol–water partition coefficient (Wildman–Crippen LogP) is 1.81. The largest absolute Gasteiger partial charge is 0.399 e. The number of benzene rings is 1. The van der Waals surface area contributed by atoms with Crippen LogP contribution in [0.4, 0.5) is 11.4 Å². The highest BCUT2D eigenvalue weighted by Gasteiger charge is 2.11. The summed E-state index contributed by atoms with van der Waals surface area (Å²) in [6, 6.07) is 3.02. The first-order valence-electron chi connectivity index (χ1n) is 4.93. The number of hydrogen-bond acceptors (Lipinski definition) is 4. The Labute approximate surface area is 113 Å². The van der Waals surface area contributed by atoms with Crippen molar-refractivity contribution in [2.24, 2.45) is 0 Å². The van der Waals surface area contributed by atoms with E-state index in [0.717, 1.165) is 0 Å². The average Bonchev–Trinajstić information content (AvgIpc) is 2.76. The molecule has 1 aromatic carbocycles. The van der Waals surface area contributed by atoms with Gasteiger partial charge in [-0.3, -0.25) is 4.79 Å². The van der Waals surface area contributed by atoms with Crippen LogP contribution in [-0.4, -0.2) is 20.7 Å². The van der Waals surface area contributed by atoms with Crippen LogP contribution in [0.3, 0.4) is 0 Å². The molecular weight excluding hydrogens is 277 g/mol. The smallest absolute Gasteiger partial charge is 0.246 e. The summed E-state index contributed by atoms with van der Waals surface area (Å²) >= 11 is 11.9. The third kappa shape index (κ3) is 2.91. The standard InChI is InChI=1S/C10H9Cl2N5O/c11-7-1-6(13)2-8(12)10(7)16-9(18)3-17-5-14-4-15-17/h1-2,4-5H,3,13H2,(H,16,18). The predicted molar refractivity (Wildman–Crippen MR) is 69.5 cm³/mol. The van der Waals surface area contributed by atoms with Gasteiger partial charge in [0.05, 0.1) is 15.7 Å². The Morgan fingerprint density at radius 3 is 2.61 bits per heavy atom. The zero-order valence-corrected chi connectivity index (χ0v) is 10.6. The number of aromatic nitrogens is 3. The summed E-state index contributed by atoms with van der Waals surface area (Å²) in [5, 5.41) is 6.98. The van der Waals surface area contributed by atoms with E-state index in [1.165, 1.54) is 29.5 Å². The van der Waals surface area contributed by atoms with Crippen molar-refractivity contribution < 1.29 is 4.79 Å². The van der Waals surface area contributed by atoms with E-state index in [1.54, 1.807) is 0 Å². The number of rotatable bonds is 3. The molecule has 94 valence electrons. The fraction of sp³-hybridized carbons (Fsp3) is 0.100. The summed E-state index contributed by atoms with van der Waals surface area (Å²) in [4.78, 5) is 15.5. The molecule has 0 aliphatic heterocycles. The first-order chi connectivity index (χ1) is 8.56. The number of nitrogens with two attached hydrogens (primary N) is 1. The van der Waals surface area contributed by atoms with Crippen molar-refractivity contribution >= 4 is 40.5 Å². The first kappa shape index (κ1) is 12.7. The lowest BCUT2D eigenvalue weighted by molar-refractivity contribution is -0.116. The molecule has 0 fully saturated rings. The van der Waals surface area contributed by atoms with E-state index in [1.807, 2.05) is 0 Å². The normalized spacial score (nSPS) is 10.3. The second-order valence-corrected chi connectivity index (χ2v) is 4.32. The van der Waals surface area contributed by atoms with Crippen LogP contribution in [0.15, 0.2) is 24.8 Å². The first-order valence-corrected chi connectivity index (χ1v) is 5.68. The minimum absolute atomic E-state index is 0.0248. The number of nitrogen functional groups attached to an aromatic ring is 1. The highest BCUT2D eigenvalue weighted by molar-refractivity contribution is 6.40. The number of halogens is 2. The lowest BCUT2D eigenvalue weighted by Crippen LogP contribution is -2.19. The second-order valence-electron chi connectivity index (χ2n) is 3.50. The zero-order chi connectivity index (χ0) is 13.1. The van der Waals surface area contributed by atoms with E-state index in [9.17, 15) is 4.79 Å². The lowest BCUT2D eigenvalue weighted by Gasteiger charge is -2.10. The van der Waals surface area contributed by atoms with E-state index in [2.05, 4.69) is 15.4 Å². The highest BCUT2D eigenvalue weighted by Crippen LogP contribution is 2.32.